The van der Waals surface area contributed by atoms with Crippen LogP contribution in [0.4, 0.5) is 5.82 Å². The normalized spacial score (nSPS) is 10.9. The second-order valence-corrected chi connectivity index (χ2v) is 4.69. The molecule has 5 heteroatoms. The third-order valence-corrected chi connectivity index (χ3v) is 3.12. The lowest BCUT2D eigenvalue weighted by atomic mass is 10.3. The van der Waals surface area contributed by atoms with Gasteiger partial charge in [-0.3, -0.25) is 0 Å². The zero-order valence-corrected chi connectivity index (χ0v) is 11.6. The zero-order chi connectivity index (χ0) is 14.0. The van der Waals surface area contributed by atoms with Gasteiger partial charge >= 0.3 is 0 Å². The van der Waals surface area contributed by atoms with Crippen molar-refractivity contribution in [3.05, 3.63) is 18.3 Å². The number of rotatable bonds is 4. The molecule has 2 aromatic heterocycles. The maximum atomic E-state index is 6.19. The Bertz CT molecular complexity index is 612. The smallest absolute Gasteiger partial charge is 0.134 e. The molecule has 0 radical (unpaired) electrons. The van der Waals surface area contributed by atoms with Gasteiger partial charge in [0.05, 0.1) is 24.8 Å². The van der Waals surface area contributed by atoms with E-state index in [4.69, 9.17) is 12.2 Å². The number of nitrogens with two attached hydrogens (primary N) is 1. The number of hydrogen-bond acceptors (Lipinski definition) is 3. The first-order valence-electron chi connectivity index (χ1n) is 6.40. The van der Waals surface area contributed by atoms with Crippen LogP contribution in [0.3, 0.4) is 0 Å². The summed E-state index contributed by atoms with van der Waals surface area (Å²) >= 11 is 0. The molecule has 0 unspecified atom stereocenters. The minimum atomic E-state index is 0.305. The van der Waals surface area contributed by atoms with E-state index in [0.717, 1.165) is 23.6 Å². The van der Waals surface area contributed by atoms with Crippen molar-refractivity contribution in [2.75, 3.05) is 5.73 Å². The van der Waals surface area contributed by atoms with Gasteiger partial charge in [0.1, 0.15) is 17.3 Å². The predicted molar refractivity (Wildman–Crippen MR) is 76.5 cm³/mol. The molecule has 5 nitrogen and oxygen atoms in total. The number of nitrogen functional groups attached to an aromatic ring is 1. The highest BCUT2D eigenvalue weighted by Gasteiger charge is 2.18. The molecule has 0 fully saturated rings. The van der Waals surface area contributed by atoms with E-state index in [1.54, 1.807) is 12.5 Å². The summed E-state index contributed by atoms with van der Waals surface area (Å²) in [5.74, 6) is 4.13. The van der Waals surface area contributed by atoms with E-state index >= 15 is 0 Å². The molecule has 0 aliphatic carbocycles. The molecule has 0 saturated heterocycles. The molecule has 0 aliphatic rings. The fourth-order valence-corrected chi connectivity index (χ4v) is 2.14. The molecule has 0 amide bonds. The van der Waals surface area contributed by atoms with Crippen LogP contribution in [0.15, 0.2) is 12.5 Å². The van der Waals surface area contributed by atoms with E-state index in [-0.39, 0.29) is 0 Å². The van der Waals surface area contributed by atoms with Crippen molar-refractivity contribution in [3.8, 4) is 23.7 Å². The molecular weight excluding hydrogens is 238 g/mol. The highest BCUT2D eigenvalue weighted by atomic mass is 15.2. The van der Waals surface area contributed by atoms with E-state index in [1.165, 1.54) is 0 Å². The van der Waals surface area contributed by atoms with Crippen molar-refractivity contribution in [1.82, 2.24) is 19.1 Å². The first-order chi connectivity index (χ1) is 9.10. The van der Waals surface area contributed by atoms with Crippen LogP contribution >= 0.6 is 0 Å². The molecule has 100 valence electrons. The zero-order valence-electron chi connectivity index (χ0n) is 11.6. The Morgan fingerprint density at radius 1 is 1.47 bits per heavy atom. The van der Waals surface area contributed by atoms with Crippen LogP contribution in [-0.2, 0) is 13.0 Å². The van der Waals surface area contributed by atoms with Gasteiger partial charge in [-0.25, -0.2) is 9.97 Å². The molecule has 2 aromatic rings. The van der Waals surface area contributed by atoms with Gasteiger partial charge in [0.2, 0.25) is 0 Å². The van der Waals surface area contributed by atoms with Gasteiger partial charge in [-0.05, 0) is 13.8 Å². The van der Waals surface area contributed by atoms with Crippen LogP contribution in [0.5, 0.6) is 0 Å². The van der Waals surface area contributed by atoms with E-state index in [9.17, 15) is 0 Å². The molecule has 2 N–H and O–H groups in total. The third kappa shape index (κ3) is 2.22. The van der Waals surface area contributed by atoms with Gasteiger partial charge in [0, 0.05) is 12.5 Å². The van der Waals surface area contributed by atoms with Crippen LogP contribution in [0.2, 0.25) is 0 Å². The summed E-state index contributed by atoms with van der Waals surface area (Å²) in [5.41, 5.74) is 7.88. The minimum absolute atomic E-state index is 0.305. The lowest BCUT2D eigenvalue weighted by Gasteiger charge is -2.10. The van der Waals surface area contributed by atoms with Crippen molar-refractivity contribution in [1.29, 1.82) is 0 Å². The standard InChI is InChI=1S/C14H19N5/c1-5-7-18-12(6-2)17-13(14(18)15)11-8-16-9-19(11)10(3)4/h1,8-10H,6-7,15H2,2-4H3. The number of hydrogen-bond donors (Lipinski definition) is 1. The topological polar surface area (TPSA) is 61.7 Å². The molecule has 2 rings (SSSR count). The molecule has 0 spiro atoms. The summed E-state index contributed by atoms with van der Waals surface area (Å²) in [6.07, 6.45) is 9.77. The Balaban J connectivity index is 2.57. The largest absolute Gasteiger partial charge is 0.383 e. The van der Waals surface area contributed by atoms with Crippen LogP contribution < -0.4 is 5.73 Å². The SMILES string of the molecule is C#CCn1c(CC)nc(-c2cncn2C(C)C)c1N. The highest BCUT2D eigenvalue weighted by Crippen LogP contribution is 2.28. The minimum Gasteiger partial charge on any atom is -0.383 e. The van der Waals surface area contributed by atoms with Crippen molar-refractivity contribution in [2.45, 2.75) is 39.8 Å². The maximum absolute atomic E-state index is 6.19. The summed E-state index contributed by atoms with van der Waals surface area (Å²) in [5, 5.41) is 0. The average Bonchev–Trinajstić information content (AvgIpc) is 2.96. The molecule has 0 saturated carbocycles. The molecule has 0 aliphatic heterocycles. The van der Waals surface area contributed by atoms with Crippen molar-refractivity contribution >= 4 is 5.82 Å². The number of nitrogens with zero attached hydrogens (tertiary/aromatic N) is 4. The summed E-state index contributed by atoms with van der Waals surface area (Å²) in [7, 11) is 0. The number of imidazole rings is 2. The van der Waals surface area contributed by atoms with E-state index in [2.05, 4.69) is 34.3 Å². The van der Waals surface area contributed by atoms with Gasteiger partial charge < -0.3 is 14.9 Å². The Kier molecular flexibility index (Phi) is 3.61. The number of aryl methyl sites for hydroxylation is 1. The van der Waals surface area contributed by atoms with Crippen LogP contribution in [-0.4, -0.2) is 19.1 Å². The summed E-state index contributed by atoms with van der Waals surface area (Å²) in [6.45, 7) is 6.68. The second kappa shape index (κ2) is 5.19. The quantitative estimate of drug-likeness (QED) is 0.853. The first-order valence-corrected chi connectivity index (χ1v) is 6.40. The fraction of sp³-hybridized carbons (Fsp3) is 0.429. The van der Waals surface area contributed by atoms with E-state index in [1.807, 2.05) is 11.5 Å². The van der Waals surface area contributed by atoms with Crippen LogP contribution in [0.25, 0.3) is 11.4 Å². The molecule has 0 aromatic carbocycles. The van der Waals surface area contributed by atoms with Crippen LogP contribution in [0, 0.1) is 12.3 Å². The number of aromatic nitrogens is 4. The molecular formula is C14H19N5. The highest BCUT2D eigenvalue weighted by molar-refractivity contribution is 5.68. The van der Waals surface area contributed by atoms with Gasteiger partial charge in [-0.1, -0.05) is 12.8 Å². The Hall–Kier alpha value is -2.22. The van der Waals surface area contributed by atoms with Gasteiger partial charge in [-0.2, -0.15) is 0 Å². The number of anilines is 1. The average molecular weight is 257 g/mol. The van der Waals surface area contributed by atoms with E-state index in [0.29, 0.717) is 18.4 Å². The van der Waals surface area contributed by atoms with Gasteiger partial charge in [0.25, 0.3) is 0 Å². The Morgan fingerprint density at radius 2 is 2.21 bits per heavy atom. The summed E-state index contributed by atoms with van der Waals surface area (Å²) < 4.78 is 3.94. The summed E-state index contributed by atoms with van der Waals surface area (Å²) in [6, 6.07) is 0.305. The Morgan fingerprint density at radius 3 is 2.79 bits per heavy atom. The second-order valence-electron chi connectivity index (χ2n) is 4.69. The van der Waals surface area contributed by atoms with E-state index < -0.39 is 0 Å². The summed E-state index contributed by atoms with van der Waals surface area (Å²) in [4.78, 5) is 8.80. The van der Waals surface area contributed by atoms with Crippen molar-refractivity contribution in [2.24, 2.45) is 0 Å². The lowest BCUT2D eigenvalue weighted by Crippen LogP contribution is -2.06. The third-order valence-electron chi connectivity index (χ3n) is 3.12. The molecule has 0 bridgehead atoms. The van der Waals surface area contributed by atoms with Crippen LogP contribution in [0.1, 0.15) is 32.6 Å². The molecule has 0 atom stereocenters. The van der Waals surface area contributed by atoms with Gasteiger partial charge in [-0.15, -0.1) is 6.42 Å². The maximum Gasteiger partial charge on any atom is 0.134 e. The number of terminal acetylenes is 1. The molecule has 19 heavy (non-hydrogen) atoms. The monoisotopic (exact) mass is 257 g/mol. The lowest BCUT2D eigenvalue weighted by molar-refractivity contribution is 0.604. The predicted octanol–water partition coefficient (Wildman–Crippen LogP) is 2.11. The Labute approximate surface area is 113 Å². The van der Waals surface area contributed by atoms with Crippen molar-refractivity contribution in [3.63, 3.8) is 0 Å². The fourth-order valence-electron chi connectivity index (χ4n) is 2.14. The van der Waals surface area contributed by atoms with Gasteiger partial charge in [0.15, 0.2) is 0 Å². The van der Waals surface area contributed by atoms with Crippen molar-refractivity contribution < 1.29 is 0 Å². The first kappa shape index (κ1) is 13.2. The molecule has 2 heterocycles.